The van der Waals surface area contributed by atoms with Gasteiger partial charge in [-0.1, -0.05) is 6.07 Å². The number of carboxylic acids is 1. The lowest BCUT2D eigenvalue weighted by Crippen LogP contribution is -2.41. The van der Waals surface area contributed by atoms with Crippen LogP contribution in [0.5, 0.6) is 5.75 Å². The number of carbonyl (C=O) groups is 2. The van der Waals surface area contributed by atoms with E-state index in [0.717, 1.165) is 12.1 Å². The maximum atomic E-state index is 13.4. The molecule has 0 atom stereocenters. The van der Waals surface area contributed by atoms with Crippen molar-refractivity contribution in [2.75, 3.05) is 13.7 Å². The molecule has 1 aromatic heterocycles. The van der Waals surface area contributed by atoms with Gasteiger partial charge in [0.05, 0.1) is 24.3 Å². The molecule has 3 rings (SSSR count). The predicted octanol–water partition coefficient (Wildman–Crippen LogP) is 0.224. The van der Waals surface area contributed by atoms with Crippen LogP contribution in [0.1, 0.15) is 32.0 Å². The largest absolute Gasteiger partial charge is 0.543 e. The third-order valence-corrected chi connectivity index (χ3v) is 4.17. The first kappa shape index (κ1) is 17.6. The summed E-state index contributed by atoms with van der Waals surface area (Å²) in [7, 11) is 1.19. The zero-order valence-electron chi connectivity index (χ0n) is 13.6. The van der Waals surface area contributed by atoms with E-state index in [4.69, 9.17) is 4.74 Å². The van der Waals surface area contributed by atoms with Gasteiger partial charge in [0.15, 0.2) is 17.4 Å². The lowest BCUT2D eigenvalue weighted by Gasteiger charge is -2.30. The average Bonchev–Trinajstić information content (AvgIpc) is 2.60. The maximum absolute atomic E-state index is 13.4. The Morgan fingerprint density at radius 2 is 2.04 bits per heavy atom. The van der Waals surface area contributed by atoms with Crippen molar-refractivity contribution in [1.82, 2.24) is 9.88 Å². The molecule has 0 radical (unpaired) electrons. The fourth-order valence-electron chi connectivity index (χ4n) is 2.98. The first-order valence-electron chi connectivity index (χ1n) is 7.61. The summed E-state index contributed by atoms with van der Waals surface area (Å²) < 4.78 is 31.4. The number of amides is 1. The van der Waals surface area contributed by atoms with Crippen LogP contribution in [0.15, 0.2) is 23.0 Å². The number of rotatable bonds is 4. The molecule has 1 amide bonds. The van der Waals surface area contributed by atoms with Crippen LogP contribution in [0.4, 0.5) is 8.78 Å². The van der Waals surface area contributed by atoms with Crippen molar-refractivity contribution in [3.63, 3.8) is 0 Å². The summed E-state index contributed by atoms with van der Waals surface area (Å²) in [5.41, 5.74) is -1.03. The van der Waals surface area contributed by atoms with Gasteiger partial charge in [-0.3, -0.25) is 9.59 Å². The highest BCUT2D eigenvalue weighted by atomic mass is 19.2. The van der Waals surface area contributed by atoms with Crippen molar-refractivity contribution in [2.24, 2.45) is 0 Å². The molecule has 136 valence electrons. The number of fused-ring (bicyclic) bond motifs is 1. The molecule has 26 heavy (non-hydrogen) atoms. The van der Waals surface area contributed by atoms with Crippen LogP contribution in [0, 0.1) is 11.6 Å². The molecule has 0 unspecified atom stereocenters. The second-order valence-corrected chi connectivity index (χ2v) is 5.73. The molecule has 0 saturated heterocycles. The van der Waals surface area contributed by atoms with Crippen LogP contribution in [0.3, 0.4) is 0 Å². The molecule has 1 aromatic carbocycles. The summed E-state index contributed by atoms with van der Waals surface area (Å²) in [6.45, 7) is 0.0897. The number of carbonyl (C=O) groups excluding carboxylic acids is 2. The monoisotopic (exact) mass is 363 g/mol. The van der Waals surface area contributed by atoms with Crippen LogP contribution in [-0.4, -0.2) is 35.4 Å². The molecule has 0 saturated carbocycles. The average molecular weight is 363 g/mol. The SMILES string of the molecule is COc1c2c(c(C(=O)[O-])[nH]c1=O)CCN(Cc1ccc(F)c(F)c1)C2=O. The Morgan fingerprint density at radius 1 is 1.31 bits per heavy atom. The molecule has 1 aliphatic heterocycles. The van der Waals surface area contributed by atoms with E-state index in [1.807, 2.05) is 0 Å². The minimum atomic E-state index is -1.61. The number of methoxy groups -OCH3 is 1. The van der Waals surface area contributed by atoms with Crippen molar-refractivity contribution < 1.29 is 28.2 Å². The predicted molar refractivity (Wildman–Crippen MR) is 82.7 cm³/mol. The van der Waals surface area contributed by atoms with E-state index in [1.165, 1.54) is 18.1 Å². The minimum absolute atomic E-state index is 0.0356. The summed E-state index contributed by atoms with van der Waals surface area (Å²) in [5.74, 6) is -4.59. The quantitative estimate of drug-likeness (QED) is 0.837. The molecule has 2 heterocycles. The van der Waals surface area contributed by atoms with Gasteiger partial charge in [-0.05, 0) is 29.7 Å². The van der Waals surface area contributed by atoms with E-state index >= 15 is 0 Å². The number of aromatic carboxylic acids is 1. The first-order valence-corrected chi connectivity index (χ1v) is 7.61. The van der Waals surface area contributed by atoms with Gasteiger partial charge in [0, 0.05) is 13.1 Å². The van der Waals surface area contributed by atoms with Crippen LogP contribution in [0.2, 0.25) is 0 Å². The Labute approximate surface area is 145 Å². The highest BCUT2D eigenvalue weighted by Gasteiger charge is 2.32. The van der Waals surface area contributed by atoms with Gasteiger partial charge >= 0.3 is 0 Å². The molecule has 0 spiro atoms. The highest BCUT2D eigenvalue weighted by Crippen LogP contribution is 2.28. The van der Waals surface area contributed by atoms with E-state index in [1.54, 1.807) is 0 Å². The normalized spacial score (nSPS) is 13.5. The molecule has 7 nitrogen and oxygen atoms in total. The van der Waals surface area contributed by atoms with Gasteiger partial charge in [-0.2, -0.15) is 0 Å². The zero-order valence-corrected chi connectivity index (χ0v) is 13.6. The molecular weight excluding hydrogens is 350 g/mol. The highest BCUT2D eigenvalue weighted by molar-refractivity contribution is 6.02. The number of pyridine rings is 1. The van der Waals surface area contributed by atoms with E-state index in [0.29, 0.717) is 5.56 Å². The van der Waals surface area contributed by atoms with E-state index in [-0.39, 0.29) is 36.4 Å². The van der Waals surface area contributed by atoms with Gasteiger partial charge in [-0.15, -0.1) is 0 Å². The van der Waals surface area contributed by atoms with Crippen LogP contribution >= 0.6 is 0 Å². The molecule has 0 bridgehead atoms. The fourth-order valence-corrected chi connectivity index (χ4v) is 2.98. The number of ether oxygens (including phenoxy) is 1. The first-order chi connectivity index (χ1) is 12.3. The molecular formula is C17H13F2N2O5-. The lowest BCUT2D eigenvalue weighted by atomic mass is 9.96. The third kappa shape index (κ3) is 2.92. The zero-order chi connectivity index (χ0) is 19.0. The van der Waals surface area contributed by atoms with Crippen molar-refractivity contribution >= 4 is 11.9 Å². The number of hydrogen-bond acceptors (Lipinski definition) is 5. The summed E-state index contributed by atoms with van der Waals surface area (Å²) in [6, 6.07) is 3.26. The van der Waals surface area contributed by atoms with Gasteiger partial charge in [0.1, 0.15) is 0 Å². The summed E-state index contributed by atoms with van der Waals surface area (Å²) >= 11 is 0. The number of nitrogens with zero attached hydrogens (tertiary/aromatic N) is 1. The number of carboxylic acid groups (broad SMARTS) is 1. The van der Waals surface area contributed by atoms with Crippen molar-refractivity contribution in [3.8, 4) is 5.75 Å². The van der Waals surface area contributed by atoms with Gasteiger partial charge in [-0.25, -0.2) is 8.78 Å². The fraction of sp³-hybridized carbons (Fsp3) is 0.235. The van der Waals surface area contributed by atoms with Crippen molar-refractivity contribution in [1.29, 1.82) is 0 Å². The van der Waals surface area contributed by atoms with E-state index in [2.05, 4.69) is 4.98 Å². The number of H-pyrrole nitrogens is 1. The second-order valence-electron chi connectivity index (χ2n) is 5.73. The molecule has 1 aliphatic rings. The molecule has 0 fully saturated rings. The Bertz CT molecular complexity index is 970. The van der Waals surface area contributed by atoms with Crippen molar-refractivity contribution in [3.05, 3.63) is 62.6 Å². The summed E-state index contributed by atoms with van der Waals surface area (Å²) in [6.07, 6.45) is 0.126. The third-order valence-electron chi connectivity index (χ3n) is 4.17. The van der Waals surface area contributed by atoms with E-state index < -0.39 is 34.8 Å². The Kier molecular flexibility index (Phi) is 4.45. The molecule has 0 aliphatic carbocycles. The Morgan fingerprint density at radius 3 is 2.65 bits per heavy atom. The smallest absolute Gasteiger partial charge is 0.291 e. The topological polar surface area (TPSA) is 103 Å². The number of aromatic nitrogens is 1. The molecule has 2 aromatic rings. The molecule has 1 N–H and O–H groups in total. The Balaban J connectivity index is 2.02. The summed E-state index contributed by atoms with van der Waals surface area (Å²) in [5, 5.41) is 11.2. The number of hydrogen-bond donors (Lipinski definition) is 1. The number of aromatic amines is 1. The maximum Gasteiger partial charge on any atom is 0.291 e. The summed E-state index contributed by atoms with van der Waals surface area (Å²) in [4.78, 5) is 39.5. The minimum Gasteiger partial charge on any atom is -0.543 e. The van der Waals surface area contributed by atoms with Gasteiger partial charge in [0.25, 0.3) is 11.5 Å². The van der Waals surface area contributed by atoms with Crippen LogP contribution in [0.25, 0.3) is 0 Å². The number of nitrogens with one attached hydrogen (secondary N) is 1. The number of halogens is 2. The van der Waals surface area contributed by atoms with Crippen LogP contribution in [-0.2, 0) is 13.0 Å². The second kappa shape index (κ2) is 6.58. The van der Waals surface area contributed by atoms with Crippen LogP contribution < -0.4 is 15.4 Å². The number of benzene rings is 1. The Hall–Kier alpha value is -3.23. The van der Waals surface area contributed by atoms with Gasteiger partial charge in [0.2, 0.25) is 0 Å². The van der Waals surface area contributed by atoms with Gasteiger partial charge < -0.3 is 24.5 Å². The molecule has 9 heteroatoms. The lowest BCUT2D eigenvalue weighted by molar-refractivity contribution is -0.255. The standard InChI is InChI=1S/C17H14F2N2O5/c1-26-14-12-9(13(17(24)25)20-15(14)22)4-5-21(16(12)23)7-8-2-3-10(18)11(19)6-8/h2-3,6H,4-5,7H2,1H3,(H,20,22)(H,24,25)/p-1. The van der Waals surface area contributed by atoms with E-state index in [9.17, 15) is 28.3 Å². The van der Waals surface area contributed by atoms with Crippen molar-refractivity contribution in [2.45, 2.75) is 13.0 Å².